The van der Waals surface area contributed by atoms with E-state index in [0.29, 0.717) is 5.92 Å². The summed E-state index contributed by atoms with van der Waals surface area (Å²) in [4.78, 5) is 1.20. The zero-order chi connectivity index (χ0) is 13.4. The minimum Gasteiger partial charge on any atom is -0.388 e. The normalized spacial score (nSPS) is 14.4. The molecule has 0 bridgehead atoms. The largest absolute Gasteiger partial charge is 0.388 e. The molecular formula is C16H26OS. The third-order valence-electron chi connectivity index (χ3n) is 3.60. The number of benzene rings is 1. The van der Waals surface area contributed by atoms with Gasteiger partial charge in [0.2, 0.25) is 0 Å². The molecule has 0 aliphatic heterocycles. The molecule has 1 N–H and O–H groups in total. The van der Waals surface area contributed by atoms with Gasteiger partial charge in [0.05, 0.1) is 6.10 Å². The molecule has 1 rings (SSSR count). The average molecular weight is 266 g/mol. The first-order chi connectivity index (χ1) is 8.72. The van der Waals surface area contributed by atoms with Crippen LogP contribution in [-0.2, 0) is 0 Å². The Kier molecular flexibility index (Phi) is 7.45. The van der Waals surface area contributed by atoms with Crippen molar-refractivity contribution in [3.63, 3.8) is 0 Å². The molecule has 0 saturated heterocycles. The van der Waals surface area contributed by atoms with Gasteiger partial charge in [-0.1, -0.05) is 57.7 Å². The molecule has 2 unspecified atom stereocenters. The standard InChI is InChI=1S/C16H26OS/c1-4-6-9-13(5-2)12-15(17)14-10-7-8-11-16(14)18-3/h7-8,10-11,13,15,17H,4-6,9,12H2,1-3H3. The molecule has 0 radical (unpaired) electrons. The SMILES string of the molecule is CCCCC(CC)CC(O)c1ccccc1SC. The monoisotopic (exact) mass is 266 g/mol. The Morgan fingerprint density at radius 2 is 1.94 bits per heavy atom. The molecule has 0 saturated carbocycles. The quantitative estimate of drug-likeness (QED) is 0.665. The van der Waals surface area contributed by atoms with Crippen LogP contribution in [0, 0.1) is 5.92 Å². The smallest absolute Gasteiger partial charge is 0.0803 e. The van der Waals surface area contributed by atoms with Gasteiger partial charge in [-0.25, -0.2) is 0 Å². The Morgan fingerprint density at radius 3 is 2.56 bits per heavy atom. The summed E-state index contributed by atoms with van der Waals surface area (Å²) in [5, 5.41) is 10.4. The summed E-state index contributed by atoms with van der Waals surface area (Å²) in [6.07, 6.45) is 7.58. The van der Waals surface area contributed by atoms with Crippen molar-refractivity contribution in [2.45, 2.75) is 57.0 Å². The summed E-state index contributed by atoms with van der Waals surface area (Å²) >= 11 is 1.72. The fourth-order valence-electron chi connectivity index (χ4n) is 2.37. The lowest BCUT2D eigenvalue weighted by molar-refractivity contribution is 0.136. The maximum atomic E-state index is 10.4. The van der Waals surface area contributed by atoms with Crippen LogP contribution in [-0.4, -0.2) is 11.4 Å². The van der Waals surface area contributed by atoms with Gasteiger partial charge in [0, 0.05) is 4.90 Å². The van der Waals surface area contributed by atoms with Crippen molar-refractivity contribution >= 4 is 11.8 Å². The number of rotatable bonds is 8. The van der Waals surface area contributed by atoms with Gasteiger partial charge >= 0.3 is 0 Å². The van der Waals surface area contributed by atoms with Crippen LogP contribution >= 0.6 is 11.8 Å². The van der Waals surface area contributed by atoms with Crippen LogP contribution in [0.25, 0.3) is 0 Å². The maximum Gasteiger partial charge on any atom is 0.0803 e. The van der Waals surface area contributed by atoms with Crippen LogP contribution in [0.4, 0.5) is 0 Å². The van der Waals surface area contributed by atoms with E-state index in [1.54, 1.807) is 11.8 Å². The highest BCUT2D eigenvalue weighted by atomic mass is 32.2. The van der Waals surface area contributed by atoms with E-state index < -0.39 is 0 Å². The Hall–Kier alpha value is -0.470. The number of hydrogen-bond acceptors (Lipinski definition) is 2. The zero-order valence-electron chi connectivity index (χ0n) is 11.9. The molecule has 102 valence electrons. The summed E-state index contributed by atoms with van der Waals surface area (Å²) in [5.41, 5.74) is 1.10. The summed E-state index contributed by atoms with van der Waals surface area (Å²) in [5.74, 6) is 0.648. The fraction of sp³-hybridized carbons (Fsp3) is 0.625. The molecule has 0 aliphatic rings. The van der Waals surface area contributed by atoms with E-state index in [9.17, 15) is 5.11 Å². The second-order valence-electron chi connectivity index (χ2n) is 4.91. The molecule has 1 aromatic rings. The Bertz CT molecular complexity index is 338. The van der Waals surface area contributed by atoms with E-state index in [2.05, 4.69) is 32.2 Å². The van der Waals surface area contributed by atoms with E-state index in [4.69, 9.17) is 0 Å². The van der Waals surface area contributed by atoms with Crippen LogP contribution in [0.1, 0.15) is 57.6 Å². The van der Waals surface area contributed by atoms with Crippen LogP contribution in [0.15, 0.2) is 29.2 Å². The first-order valence-corrected chi connectivity index (χ1v) is 8.26. The molecule has 0 aliphatic carbocycles. The highest BCUT2D eigenvalue weighted by Crippen LogP contribution is 2.31. The molecule has 2 heteroatoms. The molecule has 0 amide bonds. The van der Waals surface area contributed by atoms with Gasteiger partial charge in [-0.15, -0.1) is 11.8 Å². The maximum absolute atomic E-state index is 10.4. The summed E-state index contributed by atoms with van der Waals surface area (Å²) in [7, 11) is 0. The third kappa shape index (κ3) is 4.66. The Morgan fingerprint density at radius 1 is 1.22 bits per heavy atom. The van der Waals surface area contributed by atoms with E-state index in [1.165, 1.54) is 30.6 Å². The van der Waals surface area contributed by atoms with Gasteiger partial charge in [0.25, 0.3) is 0 Å². The summed E-state index contributed by atoms with van der Waals surface area (Å²) in [6.45, 7) is 4.46. The fourth-order valence-corrected chi connectivity index (χ4v) is 3.02. The number of unbranched alkanes of at least 4 members (excludes halogenated alkanes) is 1. The molecular weight excluding hydrogens is 240 g/mol. The molecule has 0 heterocycles. The van der Waals surface area contributed by atoms with Crippen molar-refractivity contribution in [3.05, 3.63) is 29.8 Å². The number of thioether (sulfide) groups is 1. The molecule has 1 nitrogen and oxygen atoms in total. The van der Waals surface area contributed by atoms with Crippen LogP contribution in [0.3, 0.4) is 0 Å². The Labute approximate surface area is 116 Å². The highest BCUT2D eigenvalue weighted by Gasteiger charge is 2.16. The second kappa shape index (κ2) is 8.60. The van der Waals surface area contributed by atoms with Crippen molar-refractivity contribution in [2.75, 3.05) is 6.26 Å². The van der Waals surface area contributed by atoms with Gasteiger partial charge in [-0.05, 0) is 30.2 Å². The lowest BCUT2D eigenvalue weighted by Gasteiger charge is -2.20. The third-order valence-corrected chi connectivity index (χ3v) is 4.41. The van der Waals surface area contributed by atoms with Crippen LogP contribution in [0.5, 0.6) is 0 Å². The minimum absolute atomic E-state index is 0.310. The number of hydrogen-bond donors (Lipinski definition) is 1. The van der Waals surface area contributed by atoms with Crippen molar-refractivity contribution in [2.24, 2.45) is 5.92 Å². The van der Waals surface area contributed by atoms with Crippen LogP contribution < -0.4 is 0 Å². The summed E-state index contributed by atoms with van der Waals surface area (Å²) in [6, 6.07) is 8.21. The lowest BCUT2D eigenvalue weighted by Crippen LogP contribution is -2.08. The predicted octanol–water partition coefficient (Wildman–Crippen LogP) is 5.05. The van der Waals surface area contributed by atoms with Crippen LogP contribution in [0.2, 0.25) is 0 Å². The topological polar surface area (TPSA) is 20.2 Å². The van der Waals surface area contributed by atoms with Gasteiger partial charge in [-0.3, -0.25) is 0 Å². The van der Waals surface area contributed by atoms with Crippen molar-refractivity contribution in [1.29, 1.82) is 0 Å². The van der Waals surface area contributed by atoms with Crippen molar-refractivity contribution in [1.82, 2.24) is 0 Å². The minimum atomic E-state index is -0.310. The van der Waals surface area contributed by atoms with E-state index in [-0.39, 0.29) is 6.10 Å². The van der Waals surface area contributed by atoms with E-state index >= 15 is 0 Å². The van der Waals surface area contributed by atoms with Gasteiger partial charge in [0.15, 0.2) is 0 Å². The van der Waals surface area contributed by atoms with E-state index in [1.807, 2.05) is 12.1 Å². The summed E-state index contributed by atoms with van der Waals surface area (Å²) < 4.78 is 0. The first-order valence-electron chi connectivity index (χ1n) is 7.03. The van der Waals surface area contributed by atoms with E-state index in [0.717, 1.165) is 12.0 Å². The molecule has 1 aromatic carbocycles. The lowest BCUT2D eigenvalue weighted by atomic mass is 9.90. The molecule has 0 fully saturated rings. The molecule has 0 aromatic heterocycles. The van der Waals surface area contributed by atoms with Crippen molar-refractivity contribution < 1.29 is 5.11 Å². The van der Waals surface area contributed by atoms with Gasteiger partial charge < -0.3 is 5.11 Å². The number of aliphatic hydroxyl groups excluding tert-OH is 1. The van der Waals surface area contributed by atoms with Gasteiger partial charge in [0.1, 0.15) is 0 Å². The Balaban J connectivity index is 2.65. The number of aliphatic hydroxyl groups is 1. The zero-order valence-corrected chi connectivity index (χ0v) is 12.7. The second-order valence-corrected chi connectivity index (χ2v) is 5.76. The molecule has 18 heavy (non-hydrogen) atoms. The molecule has 2 atom stereocenters. The molecule has 0 spiro atoms. The predicted molar refractivity (Wildman–Crippen MR) is 81.1 cm³/mol. The highest BCUT2D eigenvalue weighted by molar-refractivity contribution is 7.98. The van der Waals surface area contributed by atoms with Gasteiger partial charge in [-0.2, -0.15) is 0 Å². The van der Waals surface area contributed by atoms with Crippen molar-refractivity contribution in [3.8, 4) is 0 Å². The average Bonchev–Trinajstić information content (AvgIpc) is 2.43. The first kappa shape index (κ1) is 15.6.